The van der Waals surface area contributed by atoms with Crippen molar-refractivity contribution in [3.05, 3.63) is 0 Å². The van der Waals surface area contributed by atoms with Crippen LogP contribution in [0.3, 0.4) is 0 Å². The van der Waals surface area contributed by atoms with Gasteiger partial charge in [-0.25, -0.2) is 4.79 Å². The minimum Gasteiger partial charge on any atom is -0.455 e. The first-order valence-corrected chi connectivity index (χ1v) is 11.3. The molecule has 1 saturated heterocycles. The molecule has 1 heterocycles. The second-order valence-corrected chi connectivity index (χ2v) is 7.43. The Kier molecular flexibility index (Phi) is 14.6. The van der Waals surface area contributed by atoms with E-state index in [4.69, 9.17) is 23.7 Å². The maximum atomic E-state index is 12.7. The summed E-state index contributed by atoms with van der Waals surface area (Å²) in [5, 5.41) is 0. The fourth-order valence-corrected chi connectivity index (χ4v) is 3.01. The van der Waals surface area contributed by atoms with Gasteiger partial charge in [0, 0.05) is 26.4 Å². The van der Waals surface area contributed by atoms with Crippen LogP contribution in [0.4, 0.5) is 0 Å². The summed E-state index contributed by atoms with van der Waals surface area (Å²) in [6.07, 6.45) is 5.91. The Morgan fingerprint density at radius 3 is 1.79 bits per heavy atom. The first kappa shape index (κ1) is 25.3. The number of carbonyl (C=O) groups is 1. The van der Waals surface area contributed by atoms with E-state index in [-0.39, 0.29) is 12.1 Å². The molecule has 6 nitrogen and oxygen atoms in total. The Morgan fingerprint density at radius 2 is 1.21 bits per heavy atom. The number of hydrogen-bond acceptors (Lipinski definition) is 6. The molecule has 0 N–H and O–H groups in total. The summed E-state index contributed by atoms with van der Waals surface area (Å²) < 4.78 is 29.6. The molecule has 1 rings (SSSR count). The number of esters is 1. The second kappa shape index (κ2) is 16.1. The van der Waals surface area contributed by atoms with Gasteiger partial charge in [0.15, 0.2) is 12.2 Å². The van der Waals surface area contributed by atoms with E-state index in [0.717, 1.165) is 51.4 Å². The molecule has 4 atom stereocenters. The van der Waals surface area contributed by atoms with Crippen molar-refractivity contribution >= 4 is 5.97 Å². The number of unbranched alkanes of at least 4 members (excludes halogenated alkanes) is 4. The summed E-state index contributed by atoms with van der Waals surface area (Å²) in [7, 11) is 0. The van der Waals surface area contributed by atoms with E-state index in [1.54, 1.807) is 0 Å². The zero-order chi connectivity index (χ0) is 20.6. The van der Waals surface area contributed by atoms with E-state index >= 15 is 0 Å². The van der Waals surface area contributed by atoms with E-state index in [0.29, 0.717) is 33.0 Å². The Balaban J connectivity index is 2.86. The van der Waals surface area contributed by atoms with Gasteiger partial charge in [-0.15, -0.1) is 0 Å². The topological polar surface area (TPSA) is 63.2 Å². The van der Waals surface area contributed by atoms with Crippen LogP contribution >= 0.6 is 0 Å². The Bertz CT molecular complexity index is 389. The molecule has 3 unspecified atom stereocenters. The molecule has 1 aliphatic rings. The highest BCUT2D eigenvalue weighted by atomic mass is 16.6. The van der Waals surface area contributed by atoms with Crippen molar-refractivity contribution in [2.24, 2.45) is 0 Å². The van der Waals surface area contributed by atoms with Crippen molar-refractivity contribution in [3.63, 3.8) is 0 Å². The molecular formula is C22H42O6. The Labute approximate surface area is 171 Å². The van der Waals surface area contributed by atoms with E-state index in [9.17, 15) is 4.79 Å². The molecule has 0 saturated carbocycles. The molecule has 1 aliphatic heterocycles. The van der Waals surface area contributed by atoms with Gasteiger partial charge in [0.2, 0.25) is 0 Å². The van der Waals surface area contributed by atoms with Crippen LogP contribution in [0.15, 0.2) is 0 Å². The molecule has 1 fully saturated rings. The third kappa shape index (κ3) is 9.21. The zero-order valence-electron chi connectivity index (χ0n) is 18.5. The molecule has 0 bridgehead atoms. The van der Waals surface area contributed by atoms with Crippen molar-refractivity contribution in [2.75, 3.05) is 33.0 Å². The van der Waals surface area contributed by atoms with Crippen LogP contribution in [0, 0.1) is 0 Å². The molecule has 0 aromatic rings. The molecular weight excluding hydrogens is 360 g/mol. The quantitative estimate of drug-likeness (QED) is 0.267. The maximum absolute atomic E-state index is 12.7. The van der Waals surface area contributed by atoms with Crippen LogP contribution in [0.25, 0.3) is 0 Å². The summed E-state index contributed by atoms with van der Waals surface area (Å²) in [6.45, 7) is 11.2. The van der Waals surface area contributed by atoms with E-state index in [1.165, 1.54) is 0 Å². The molecule has 0 spiro atoms. The summed E-state index contributed by atoms with van der Waals surface area (Å²) in [5.74, 6) is -0.364. The van der Waals surface area contributed by atoms with Crippen molar-refractivity contribution in [1.82, 2.24) is 0 Å². The Hall–Kier alpha value is -0.690. The minimum absolute atomic E-state index is 0.331. The maximum Gasteiger partial charge on any atom is 0.338 e. The lowest BCUT2D eigenvalue weighted by molar-refractivity contribution is -0.233. The lowest BCUT2D eigenvalue weighted by atomic mass is 9.98. The highest BCUT2D eigenvalue weighted by Crippen LogP contribution is 2.26. The summed E-state index contributed by atoms with van der Waals surface area (Å²) in [4.78, 5) is 12.7. The Morgan fingerprint density at radius 1 is 0.714 bits per heavy atom. The van der Waals surface area contributed by atoms with Gasteiger partial charge in [-0.2, -0.15) is 0 Å². The van der Waals surface area contributed by atoms with Crippen LogP contribution in [0.1, 0.15) is 79.1 Å². The largest absolute Gasteiger partial charge is 0.455 e. The second-order valence-electron chi connectivity index (χ2n) is 7.43. The minimum atomic E-state index is -0.734. The van der Waals surface area contributed by atoms with Gasteiger partial charge >= 0.3 is 5.97 Å². The number of rotatable bonds is 17. The molecule has 6 heteroatoms. The van der Waals surface area contributed by atoms with Crippen LogP contribution in [-0.4, -0.2) is 63.4 Å². The molecule has 28 heavy (non-hydrogen) atoms. The lowest BCUT2D eigenvalue weighted by Crippen LogP contribution is -2.60. The fourth-order valence-electron chi connectivity index (χ4n) is 3.01. The van der Waals surface area contributed by atoms with Gasteiger partial charge < -0.3 is 23.7 Å². The molecule has 0 radical (unpaired) electrons. The third-order valence-electron chi connectivity index (χ3n) is 4.82. The molecule has 0 aliphatic carbocycles. The number of ether oxygens (including phenoxy) is 5. The van der Waals surface area contributed by atoms with Crippen molar-refractivity contribution in [3.8, 4) is 0 Å². The molecule has 0 amide bonds. The molecule has 0 aromatic heterocycles. The summed E-state index contributed by atoms with van der Waals surface area (Å²) >= 11 is 0. The van der Waals surface area contributed by atoms with E-state index < -0.39 is 18.3 Å². The average molecular weight is 403 g/mol. The molecule has 0 aromatic carbocycles. The number of carbonyl (C=O) groups excluding carboxylic acids is 1. The van der Waals surface area contributed by atoms with Gasteiger partial charge in [-0.3, -0.25) is 0 Å². The predicted molar refractivity (Wildman–Crippen MR) is 110 cm³/mol. The SMILES string of the molecule is CCCCOCC1OC(=O)C(OCCCC)C(OCCCC)[C@H]1OCCCC. The van der Waals surface area contributed by atoms with Gasteiger partial charge in [0.1, 0.15) is 12.2 Å². The van der Waals surface area contributed by atoms with Crippen molar-refractivity contribution in [2.45, 2.75) is 103 Å². The average Bonchev–Trinajstić information content (AvgIpc) is 2.69. The predicted octanol–water partition coefficient (Wildman–Crippen LogP) is 4.28. The monoisotopic (exact) mass is 402 g/mol. The standard InChI is InChI=1S/C22H42O6/c1-5-9-13-24-17-18-19(25-14-10-6-2)20(26-15-11-7-3)21(22(23)28-18)27-16-12-8-4/h18-21H,5-17H2,1-4H3/t18?,19-,20?,21?/m0/s1. The van der Waals surface area contributed by atoms with Gasteiger partial charge in [-0.05, 0) is 25.7 Å². The van der Waals surface area contributed by atoms with Crippen LogP contribution < -0.4 is 0 Å². The highest BCUT2D eigenvalue weighted by Gasteiger charge is 2.48. The third-order valence-corrected chi connectivity index (χ3v) is 4.82. The van der Waals surface area contributed by atoms with E-state index in [2.05, 4.69) is 27.7 Å². The highest BCUT2D eigenvalue weighted by molar-refractivity contribution is 5.77. The first-order valence-electron chi connectivity index (χ1n) is 11.3. The van der Waals surface area contributed by atoms with E-state index in [1.807, 2.05) is 0 Å². The van der Waals surface area contributed by atoms with Gasteiger partial charge in [-0.1, -0.05) is 53.4 Å². The smallest absolute Gasteiger partial charge is 0.338 e. The normalized spacial score (nSPS) is 25.1. The van der Waals surface area contributed by atoms with Crippen LogP contribution in [-0.2, 0) is 28.5 Å². The lowest BCUT2D eigenvalue weighted by Gasteiger charge is -2.41. The summed E-state index contributed by atoms with van der Waals surface area (Å²) in [6, 6.07) is 0. The fraction of sp³-hybridized carbons (Fsp3) is 0.955. The van der Waals surface area contributed by atoms with Crippen molar-refractivity contribution < 1.29 is 28.5 Å². The van der Waals surface area contributed by atoms with Crippen LogP contribution in [0.5, 0.6) is 0 Å². The van der Waals surface area contributed by atoms with Gasteiger partial charge in [0.25, 0.3) is 0 Å². The number of cyclic esters (lactones) is 1. The van der Waals surface area contributed by atoms with Gasteiger partial charge in [0.05, 0.1) is 6.61 Å². The summed E-state index contributed by atoms with van der Waals surface area (Å²) in [5.41, 5.74) is 0. The van der Waals surface area contributed by atoms with Crippen molar-refractivity contribution in [1.29, 1.82) is 0 Å². The zero-order valence-corrected chi connectivity index (χ0v) is 18.5. The number of hydrogen-bond donors (Lipinski definition) is 0. The molecule has 166 valence electrons. The van der Waals surface area contributed by atoms with Crippen LogP contribution in [0.2, 0.25) is 0 Å². The first-order chi connectivity index (χ1) is 13.7.